The minimum atomic E-state index is -1.91. The summed E-state index contributed by atoms with van der Waals surface area (Å²) in [7, 11) is 0. The van der Waals surface area contributed by atoms with Crippen LogP contribution in [-0.2, 0) is 0 Å². The first-order valence-electron chi connectivity index (χ1n) is 10.1. The van der Waals surface area contributed by atoms with Gasteiger partial charge in [0.15, 0.2) is 5.11 Å². The lowest BCUT2D eigenvalue weighted by Crippen LogP contribution is -2.56. The normalized spacial score (nSPS) is 12.0. The van der Waals surface area contributed by atoms with E-state index < -0.39 is 21.7 Å². The van der Waals surface area contributed by atoms with E-state index in [-0.39, 0.29) is 10.7 Å². The number of thiocarbonyl (C=S) groups is 1. The standard InChI is InChI=1S/C22H25Cl3FN3O2S/c1-2-3-4-5-14-31-18-12-10-17(11-13-18)27-21(32)29-20(22(23,24)25)28-19(30)15-6-8-16(26)9-7-15/h6-13,20H,2-5,14H2,1H3,(H,28,30)(H2,27,29,32). The van der Waals surface area contributed by atoms with Gasteiger partial charge in [-0.05, 0) is 67.2 Å². The molecule has 3 N–H and O–H groups in total. The van der Waals surface area contributed by atoms with Crippen LogP contribution in [0.2, 0.25) is 0 Å². The van der Waals surface area contributed by atoms with Crippen molar-refractivity contribution in [3.8, 4) is 5.75 Å². The number of nitrogens with one attached hydrogen (secondary N) is 3. The van der Waals surface area contributed by atoms with Gasteiger partial charge in [0.25, 0.3) is 5.91 Å². The van der Waals surface area contributed by atoms with Gasteiger partial charge in [-0.15, -0.1) is 0 Å². The average Bonchev–Trinajstić information content (AvgIpc) is 2.74. The molecule has 0 saturated carbocycles. The largest absolute Gasteiger partial charge is 0.494 e. The Morgan fingerprint density at radius 2 is 1.69 bits per heavy atom. The first kappa shape index (κ1) is 26.5. The number of carbonyl (C=O) groups is 1. The van der Waals surface area contributed by atoms with Gasteiger partial charge in [-0.3, -0.25) is 4.79 Å². The maximum atomic E-state index is 13.1. The van der Waals surface area contributed by atoms with Crippen molar-refractivity contribution in [2.75, 3.05) is 11.9 Å². The number of rotatable bonds is 10. The molecule has 0 heterocycles. The molecule has 0 aromatic heterocycles. The maximum Gasteiger partial charge on any atom is 0.252 e. The highest BCUT2D eigenvalue weighted by Crippen LogP contribution is 2.29. The van der Waals surface area contributed by atoms with Gasteiger partial charge < -0.3 is 20.7 Å². The van der Waals surface area contributed by atoms with Gasteiger partial charge in [-0.1, -0.05) is 61.0 Å². The monoisotopic (exact) mass is 519 g/mol. The Balaban J connectivity index is 1.90. The second-order valence-electron chi connectivity index (χ2n) is 6.99. The van der Waals surface area contributed by atoms with E-state index in [9.17, 15) is 9.18 Å². The van der Waals surface area contributed by atoms with Gasteiger partial charge in [0.2, 0.25) is 3.79 Å². The molecule has 1 amide bonds. The molecule has 10 heteroatoms. The van der Waals surface area contributed by atoms with Gasteiger partial charge in [0.1, 0.15) is 17.7 Å². The molecule has 0 saturated heterocycles. The Labute approximate surface area is 207 Å². The summed E-state index contributed by atoms with van der Waals surface area (Å²) in [6.45, 7) is 2.84. The molecule has 1 unspecified atom stereocenters. The Hall–Kier alpha value is -1.80. The van der Waals surface area contributed by atoms with E-state index >= 15 is 0 Å². The zero-order valence-electron chi connectivity index (χ0n) is 17.5. The van der Waals surface area contributed by atoms with Crippen LogP contribution in [0.15, 0.2) is 48.5 Å². The second kappa shape index (κ2) is 13.0. The topological polar surface area (TPSA) is 62.4 Å². The fourth-order valence-corrected chi connectivity index (χ4v) is 3.23. The quantitative estimate of drug-likeness (QED) is 0.151. The first-order chi connectivity index (χ1) is 15.2. The molecule has 2 rings (SSSR count). The Bertz CT molecular complexity index is 877. The van der Waals surface area contributed by atoms with E-state index in [1.807, 2.05) is 12.1 Å². The van der Waals surface area contributed by atoms with Crippen molar-refractivity contribution in [3.05, 3.63) is 59.9 Å². The minimum Gasteiger partial charge on any atom is -0.494 e. The number of anilines is 1. The maximum absolute atomic E-state index is 13.1. The number of hydrogen-bond acceptors (Lipinski definition) is 3. The lowest BCUT2D eigenvalue weighted by atomic mass is 10.2. The molecule has 0 fully saturated rings. The number of ether oxygens (including phenoxy) is 1. The van der Waals surface area contributed by atoms with Crippen LogP contribution >= 0.6 is 47.0 Å². The zero-order chi connectivity index (χ0) is 23.6. The van der Waals surface area contributed by atoms with Crippen LogP contribution in [-0.4, -0.2) is 27.6 Å². The predicted molar refractivity (Wildman–Crippen MR) is 133 cm³/mol. The van der Waals surface area contributed by atoms with Gasteiger partial charge in [-0.25, -0.2) is 4.39 Å². The van der Waals surface area contributed by atoms with Crippen LogP contribution in [0.25, 0.3) is 0 Å². The van der Waals surface area contributed by atoms with Crippen molar-refractivity contribution < 1.29 is 13.9 Å². The highest BCUT2D eigenvalue weighted by molar-refractivity contribution is 7.80. The molecule has 0 spiro atoms. The molecule has 2 aromatic rings. The Kier molecular flexibility index (Phi) is 10.8. The second-order valence-corrected chi connectivity index (χ2v) is 9.76. The molecule has 32 heavy (non-hydrogen) atoms. The van der Waals surface area contributed by atoms with Gasteiger partial charge in [0.05, 0.1) is 6.61 Å². The summed E-state index contributed by atoms with van der Waals surface area (Å²) in [5.41, 5.74) is 0.894. The third kappa shape index (κ3) is 9.36. The van der Waals surface area contributed by atoms with Crippen molar-refractivity contribution in [2.45, 2.75) is 42.6 Å². The summed E-state index contributed by atoms with van der Waals surface area (Å²) in [6.07, 6.45) is 3.41. The molecule has 0 aliphatic rings. The third-order valence-corrected chi connectivity index (χ3v) is 5.24. The first-order valence-corrected chi connectivity index (χ1v) is 11.7. The van der Waals surface area contributed by atoms with E-state index in [1.165, 1.54) is 25.0 Å². The van der Waals surface area contributed by atoms with E-state index in [0.29, 0.717) is 12.3 Å². The predicted octanol–water partition coefficient (Wildman–Crippen LogP) is 6.20. The van der Waals surface area contributed by atoms with E-state index in [0.717, 1.165) is 30.7 Å². The fraction of sp³-hybridized carbons (Fsp3) is 0.364. The van der Waals surface area contributed by atoms with E-state index in [4.69, 9.17) is 51.8 Å². The molecule has 0 aliphatic carbocycles. The highest BCUT2D eigenvalue weighted by Gasteiger charge is 2.34. The lowest BCUT2D eigenvalue weighted by molar-refractivity contribution is 0.0934. The van der Waals surface area contributed by atoms with Gasteiger partial charge in [0, 0.05) is 11.3 Å². The summed E-state index contributed by atoms with van der Waals surface area (Å²) >= 11 is 23.3. The molecule has 5 nitrogen and oxygen atoms in total. The average molecular weight is 521 g/mol. The molecule has 0 aliphatic heterocycles. The summed E-state index contributed by atoms with van der Waals surface area (Å²) in [5.74, 6) is -0.260. The number of benzene rings is 2. The highest BCUT2D eigenvalue weighted by atomic mass is 35.6. The molecule has 2 aromatic carbocycles. The molecule has 0 bridgehead atoms. The van der Waals surface area contributed by atoms with Crippen molar-refractivity contribution in [3.63, 3.8) is 0 Å². The summed E-state index contributed by atoms with van der Waals surface area (Å²) < 4.78 is 16.9. The number of amides is 1. The third-order valence-electron chi connectivity index (χ3n) is 4.36. The molecular weight excluding hydrogens is 496 g/mol. The van der Waals surface area contributed by atoms with Gasteiger partial charge in [-0.2, -0.15) is 0 Å². The summed E-state index contributed by atoms with van der Waals surface area (Å²) in [5, 5.41) is 8.41. The van der Waals surface area contributed by atoms with Crippen LogP contribution in [0.1, 0.15) is 43.0 Å². The van der Waals surface area contributed by atoms with Crippen LogP contribution in [0.5, 0.6) is 5.75 Å². The molecule has 0 radical (unpaired) electrons. The smallest absolute Gasteiger partial charge is 0.252 e. The number of carbonyl (C=O) groups excluding carboxylic acids is 1. The van der Waals surface area contributed by atoms with Gasteiger partial charge >= 0.3 is 0 Å². The number of halogens is 4. The Morgan fingerprint density at radius 3 is 2.28 bits per heavy atom. The Morgan fingerprint density at radius 1 is 1.03 bits per heavy atom. The SMILES string of the molecule is CCCCCCOc1ccc(NC(=S)NC(NC(=O)c2ccc(F)cc2)C(Cl)(Cl)Cl)cc1. The van der Waals surface area contributed by atoms with Crippen LogP contribution < -0.4 is 20.7 Å². The van der Waals surface area contributed by atoms with Crippen molar-refractivity contribution in [2.24, 2.45) is 0 Å². The van der Waals surface area contributed by atoms with E-state index in [1.54, 1.807) is 12.1 Å². The van der Waals surface area contributed by atoms with Crippen LogP contribution in [0.4, 0.5) is 10.1 Å². The number of hydrogen-bond donors (Lipinski definition) is 3. The van der Waals surface area contributed by atoms with E-state index in [2.05, 4.69) is 22.9 Å². The number of alkyl halides is 3. The van der Waals surface area contributed by atoms with Crippen molar-refractivity contribution in [1.29, 1.82) is 0 Å². The van der Waals surface area contributed by atoms with Crippen LogP contribution in [0.3, 0.4) is 0 Å². The summed E-state index contributed by atoms with van der Waals surface area (Å²) in [6, 6.07) is 12.2. The van der Waals surface area contributed by atoms with Crippen molar-refractivity contribution >= 4 is 63.7 Å². The zero-order valence-corrected chi connectivity index (χ0v) is 20.6. The fourth-order valence-electron chi connectivity index (χ4n) is 2.67. The summed E-state index contributed by atoms with van der Waals surface area (Å²) in [4.78, 5) is 12.4. The number of unbranched alkanes of at least 4 members (excludes halogenated alkanes) is 3. The lowest BCUT2D eigenvalue weighted by Gasteiger charge is -2.27. The molecular formula is C22H25Cl3FN3O2S. The van der Waals surface area contributed by atoms with Crippen molar-refractivity contribution in [1.82, 2.24) is 10.6 Å². The van der Waals surface area contributed by atoms with Crippen LogP contribution in [0, 0.1) is 5.82 Å². The molecule has 1 atom stereocenters. The minimum absolute atomic E-state index is 0.133. The molecule has 174 valence electrons.